The molecule has 1 aliphatic rings. The fourth-order valence-corrected chi connectivity index (χ4v) is 2.25. The van der Waals surface area contributed by atoms with Gasteiger partial charge in [0.25, 0.3) is 0 Å². The summed E-state index contributed by atoms with van der Waals surface area (Å²) in [7, 11) is 1.72. The molecule has 1 aliphatic heterocycles. The molecule has 2 atom stereocenters. The molecule has 2 unspecified atom stereocenters. The van der Waals surface area contributed by atoms with Crippen molar-refractivity contribution < 1.29 is 4.74 Å². The van der Waals surface area contributed by atoms with Gasteiger partial charge < -0.3 is 10.5 Å². The average molecular weight is 256 g/mol. The molecule has 0 aromatic rings. The highest BCUT2D eigenvalue weighted by Gasteiger charge is 2.40. The molecule has 0 aliphatic carbocycles. The van der Waals surface area contributed by atoms with Crippen LogP contribution in [0.25, 0.3) is 0 Å². The molecule has 1 rings (SSSR count). The van der Waals surface area contributed by atoms with Crippen molar-refractivity contribution in [3.8, 4) is 0 Å². The molecule has 0 saturated carbocycles. The Labute approximate surface area is 75.4 Å². The van der Waals surface area contributed by atoms with Crippen molar-refractivity contribution in [1.29, 1.82) is 0 Å². The Balaban J connectivity index is 2.61. The van der Waals surface area contributed by atoms with Crippen molar-refractivity contribution in [2.24, 2.45) is 5.73 Å². The van der Waals surface area contributed by atoms with Crippen LogP contribution in [0.4, 0.5) is 0 Å². The summed E-state index contributed by atoms with van der Waals surface area (Å²) in [6, 6.07) is 0.148. The third kappa shape index (κ3) is 1.44. The lowest BCUT2D eigenvalue weighted by Crippen LogP contribution is -2.45. The van der Waals surface area contributed by atoms with Crippen molar-refractivity contribution in [1.82, 2.24) is 3.11 Å². The maximum atomic E-state index is 5.84. The van der Waals surface area contributed by atoms with Gasteiger partial charge in [-0.3, -0.25) is 0 Å². The Morgan fingerprint density at radius 3 is 2.60 bits per heavy atom. The SMILES string of the molecule is COC1(C)CN(I)CC1N. The summed E-state index contributed by atoms with van der Waals surface area (Å²) in [5.74, 6) is 0. The predicted octanol–water partition coefficient (Wildman–Crippen LogP) is 0.384. The molecule has 0 radical (unpaired) electrons. The number of nitrogens with two attached hydrogens (primary N) is 1. The van der Waals surface area contributed by atoms with E-state index in [9.17, 15) is 0 Å². The van der Waals surface area contributed by atoms with Gasteiger partial charge in [0.1, 0.15) is 0 Å². The number of hydrogen-bond acceptors (Lipinski definition) is 3. The first-order chi connectivity index (χ1) is 4.58. The molecule has 4 heteroatoms. The van der Waals surface area contributed by atoms with E-state index in [0.717, 1.165) is 13.1 Å². The van der Waals surface area contributed by atoms with Crippen LogP contribution >= 0.6 is 22.9 Å². The lowest BCUT2D eigenvalue weighted by molar-refractivity contribution is 0.00929. The molecule has 3 nitrogen and oxygen atoms in total. The molecule has 1 saturated heterocycles. The molecule has 0 spiro atoms. The standard InChI is InChI=1S/C6H13IN2O/c1-6(10-2)4-9(7)3-5(6)8/h5H,3-4,8H2,1-2H3. The van der Waals surface area contributed by atoms with Crippen molar-refractivity contribution in [2.75, 3.05) is 20.2 Å². The van der Waals surface area contributed by atoms with Crippen molar-refractivity contribution >= 4 is 22.9 Å². The van der Waals surface area contributed by atoms with Gasteiger partial charge in [-0.1, -0.05) is 0 Å². The second-order valence-electron chi connectivity index (χ2n) is 2.93. The molecule has 2 N–H and O–H groups in total. The predicted molar refractivity (Wildman–Crippen MR) is 49.0 cm³/mol. The lowest BCUT2D eigenvalue weighted by Gasteiger charge is -2.25. The van der Waals surface area contributed by atoms with Gasteiger partial charge in [0.2, 0.25) is 0 Å². The van der Waals surface area contributed by atoms with E-state index in [1.807, 2.05) is 0 Å². The Bertz CT molecular complexity index is 133. The summed E-state index contributed by atoms with van der Waals surface area (Å²) in [5.41, 5.74) is 5.70. The van der Waals surface area contributed by atoms with Crippen LogP contribution in [0.15, 0.2) is 0 Å². The summed E-state index contributed by atoms with van der Waals surface area (Å²) in [6.07, 6.45) is 0. The molecule has 1 fully saturated rings. The zero-order valence-corrected chi connectivity index (χ0v) is 8.46. The highest BCUT2D eigenvalue weighted by atomic mass is 127. The van der Waals surface area contributed by atoms with Gasteiger partial charge in [0.15, 0.2) is 0 Å². The average Bonchev–Trinajstić information content (AvgIpc) is 2.09. The van der Waals surface area contributed by atoms with E-state index in [2.05, 4.69) is 32.9 Å². The van der Waals surface area contributed by atoms with E-state index in [4.69, 9.17) is 10.5 Å². The minimum absolute atomic E-state index is 0.138. The first kappa shape index (κ1) is 8.70. The number of methoxy groups -OCH3 is 1. The van der Waals surface area contributed by atoms with E-state index in [-0.39, 0.29) is 11.6 Å². The minimum atomic E-state index is -0.138. The van der Waals surface area contributed by atoms with Gasteiger partial charge in [-0.2, -0.15) is 0 Å². The summed E-state index contributed by atoms with van der Waals surface area (Å²) in [6.45, 7) is 3.90. The van der Waals surface area contributed by atoms with Crippen LogP contribution in [0.3, 0.4) is 0 Å². The monoisotopic (exact) mass is 256 g/mol. The fourth-order valence-electron chi connectivity index (χ4n) is 1.14. The smallest absolute Gasteiger partial charge is 0.0947 e. The maximum absolute atomic E-state index is 5.84. The topological polar surface area (TPSA) is 38.5 Å². The zero-order chi connectivity index (χ0) is 7.78. The van der Waals surface area contributed by atoms with Gasteiger partial charge in [-0.05, 0) is 6.92 Å². The summed E-state index contributed by atoms with van der Waals surface area (Å²) < 4.78 is 7.47. The third-order valence-electron chi connectivity index (χ3n) is 2.13. The largest absolute Gasteiger partial charge is 0.375 e. The first-order valence-electron chi connectivity index (χ1n) is 3.30. The van der Waals surface area contributed by atoms with Gasteiger partial charge in [0, 0.05) is 49.1 Å². The first-order valence-corrected chi connectivity index (χ1v) is 4.26. The van der Waals surface area contributed by atoms with Crippen LogP contribution in [-0.2, 0) is 4.74 Å². The second kappa shape index (κ2) is 2.92. The molecule has 0 aromatic carbocycles. The molecule has 0 bridgehead atoms. The van der Waals surface area contributed by atoms with Crippen LogP contribution in [0.5, 0.6) is 0 Å². The molecule has 60 valence electrons. The maximum Gasteiger partial charge on any atom is 0.0947 e. The number of nitrogens with zero attached hydrogens (tertiary/aromatic N) is 1. The van der Waals surface area contributed by atoms with Crippen LogP contribution in [0.1, 0.15) is 6.92 Å². The molecule has 10 heavy (non-hydrogen) atoms. The number of rotatable bonds is 1. The Kier molecular flexibility index (Phi) is 2.54. The van der Waals surface area contributed by atoms with Crippen LogP contribution in [0.2, 0.25) is 0 Å². The van der Waals surface area contributed by atoms with Gasteiger partial charge in [0.05, 0.1) is 5.60 Å². The third-order valence-corrected chi connectivity index (χ3v) is 2.87. The van der Waals surface area contributed by atoms with E-state index >= 15 is 0 Å². The van der Waals surface area contributed by atoms with E-state index in [1.54, 1.807) is 7.11 Å². The van der Waals surface area contributed by atoms with E-state index in [1.165, 1.54) is 0 Å². The van der Waals surface area contributed by atoms with Crippen LogP contribution in [0, 0.1) is 0 Å². The van der Waals surface area contributed by atoms with E-state index in [0.29, 0.717) is 0 Å². The molecule has 0 aromatic heterocycles. The van der Waals surface area contributed by atoms with Crippen LogP contribution in [-0.4, -0.2) is 35.0 Å². The molecular formula is C6H13IN2O. The van der Waals surface area contributed by atoms with Crippen molar-refractivity contribution in [2.45, 2.75) is 18.6 Å². The van der Waals surface area contributed by atoms with Gasteiger partial charge >= 0.3 is 0 Å². The second-order valence-corrected chi connectivity index (χ2v) is 4.29. The van der Waals surface area contributed by atoms with E-state index < -0.39 is 0 Å². The highest BCUT2D eigenvalue weighted by Crippen LogP contribution is 2.25. The quantitative estimate of drug-likeness (QED) is 0.544. The van der Waals surface area contributed by atoms with Crippen molar-refractivity contribution in [3.63, 3.8) is 0 Å². The summed E-state index contributed by atoms with van der Waals surface area (Å²) in [5, 5.41) is 0. The molecular weight excluding hydrogens is 243 g/mol. The number of hydrogen-bond donors (Lipinski definition) is 1. The Hall–Kier alpha value is 0.610. The molecule has 0 amide bonds. The Morgan fingerprint density at radius 1 is 1.80 bits per heavy atom. The van der Waals surface area contributed by atoms with Gasteiger partial charge in [-0.25, -0.2) is 3.11 Å². The summed E-state index contributed by atoms with van der Waals surface area (Å²) in [4.78, 5) is 0. The highest BCUT2D eigenvalue weighted by molar-refractivity contribution is 14.1. The fraction of sp³-hybridized carbons (Fsp3) is 1.00. The van der Waals surface area contributed by atoms with Gasteiger partial charge in [-0.15, -0.1) is 0 Å². The number of halogens is 1. The minimum Gasteiger partial charge on any atom is -0.375 e. The number of ether oxygens (including phenoxy) is 1. The van der Waals surface area contributed by atoms with Crippen molar-refractivity contribution in [3.05, 3.63) is 0 Å². The van der Waals surface area contributed by atoms with Crippen LogP contribution < -0.4 is 5.73 Å². The normalized spacial score (nSPS) is 42.6. The molecule has 1 heterocycles. The summed E-state index contributed by atoms with van der Waals surface area (Å²) >= 11 is 2.27. The zero-order valence-electron chi connectivity index (χ0n) is 6.30. The lowest BCUT2D eigenvalue weighted by atomic mass is 10.0. The Morgan fingerprint density at radius 2 is 2.40 bits per heavy atom.